The fourth-order valence-electron chi connectivity index (χ4n) is 1.58. The lowest BCUT2D eigenvalue weighted by atomic mass is 10.2. The van der Waals surface area contributed by atoms with Crippen molar-refractivity contribution in [2.75, 3.05) is 7.05 Å². The maximum atomic E-state index is 11.6. The van der Waals surface area contributed by atoms with Crippen LogP contribution in [0.15, 0.2) is 23.1 Å². The molecule has 0 aliphatic heterocycles. The first-order valence-corrected chi connectivity index (χ1v) is 7.02. The molecule has 1 amide bonds. The molecule has 1 aromatic carbocycles. The molecule has 98 valence electrons. The maximum Gasteiger partial charge on any atom is 0.252 e. The second-order valence-corrected chi connectivity index (χ2v) is 5.57. The summed E-state index contributed by atoms with van der Waals surface area (Å²) in [5.41, 5.74) is -0.00171. The van der Waals surface area contributed by atoms with Gasteiger partial charge >= 0.3 is 0 Å². The summed E-state index contributed by atoms with van der Waals surface area (Å²) in [7, 11) is -2.60. The predicted octanol–water partition coefficient (Wildman–Crippen LogP) is 0.235. The molecule has 3 N–H and O–H groups in total. The Morgan fingerprint density at radius 2 is 2.11 bits per heavy atom. The highest BCUT2D eigenvalue weighted by Crippen LogP contribution is 2.32. The molecule has 0 heterocycles. The molecule has 2 rings (SSSR count). The first kappa shape index (κ1) is 12.8. The van der Waals surface area contributed by atoms with Gasteiger partial charge in [-0.05, 0) is 25.0 Å². The van der Waals surface area contributed by atoms with Crippen LogP contribution in [0.1, 0.15) is 23.2 Å². The summed E-state index contributed by atoms with van der Waals surface area (Å²) in [6.07, 6.45) is 1.79. The lowest BCUT2D eigenvalue weighted by Crippen LogP contribution is -2.24. The van der Waals surface area contributed by atoms with Gasteiger partial charge in [-0.15, -0.1) is 0 Å². The number of nitrogens with one attached hydrogen (secondary N) is 1. The normalized spacial score (nSPS) is 15.2. The van der Waals surface area contributed by atoms with Crippen molar-refractivity contribution in [3.05, 3.63) is 23.8 Å². The highest BCUT2D eigenvalue weighted by molar-refractivity contribution is 7.89. The van der Waals surface area contributed by atoms with Crippen LogP contribution in [0.25, 0.3) is 0 Å². The van der Waals surface area contributed by atoms with E-state index in [-0.39, 0.29) is 22.3 Å². The van der Waals surface area contributed by atoms with Crippen LogP contribution >= 0.6 is 0 Å². The molecule has 0 unspecified atom stereocenters. The van der Waals surface area contributed by atoms with E-state index in [4.69, 9.17) is 9.88 Å². The number of hydrogen-bond acceptors (Lipinski definition) is 4. The molecule has 0 atom stereocenters. The highest BCUT2D eigenvalue weighted by Gasteiger charge is 2.29. The average Bonchev–Trinajstić information content (AvgIpc) is 3.10. The van der Waals surface area contributed by atoms with E-state index < -0.39 is 15.9 Å². The summed E-state index contributed by atoms with van der Waals surface area (Å²) in [5.74, 6) is -0.374. The zero-order chi connectivity index (χ0) is 13.3. The van der Waals surface area contributed by atoms with Crippen LogP contribution in [-0.4, -0.2) is 27.5 Å². The molecule has 1 aromatic rings. The quantitative estimate of drug-likeness (QED) is 0.818. The number of rotatable bonds is 4. The molecular weight excluding hydrogens is 256 g/mol. The average molecular weight is 270 g/mol. The van der Waals surface area contributed by atoms with Crippen LogP contribution in [0.2, 0.25) is 0 Å². The molecule has 1 aliphatic carbocycles. The van der Waals surface area contributed by atoms with E-state index in [1.165, 1.54) is 19.2 Å². The Labute approximate surface area is 105 Å². The number of carbonyl (C=O) groups excluding carboxylic acids is 1. The predicted molar refractivity (Wildman–Crippen MR) is 64.9 cm³/mol. The standard InChI is InChI=1S/C11H14N2O4S/c1-13-11(14)8-3-2-4-9(17-7-5-6-7)10(8)18(12,15)16/h2-4,7H,5-6H2,1H3,(H,13,14)(H2,12,15,16). The number of hydrogen-bond donors (Lipinski definition) is 2. The molecule has 1 saturated carbocycles. The van der Waals surface area contributed by atoms with Gasteiger partial charge in [0.2, 0.25) is 10.0 Å². The van der Waals surface area contributed by atoms with Crippen molar-refractivity contribution in [1.29, 1.82) is 0 Å². The summed E-state index contributed by atoms with van der Waals surface area (Å²) in [4.78, 5) is 11.4. The van der Waals surface area contributed by atoms with Crippen molar-refractivity contribution in [1.82, 2.24) is 5.32 Å². The van der Waals surface area contributed by atoms with Gasteiger partial charge < -0.3 is 10.1 Å². The van der Waals surface area contributed by atoms with Crippen molar-refractivity contribution < 1.29 is 17.9 Å². The summed E-state index contributed by atoms with van der Waals surface area (Å²) < 4.78 is 28.7. The van der Waals surface area contributed by atoms with E-state index in [9.17, 15) is 13.2 Å². The Kier molecular flexibility index (Phi) is 3.27. The summed E-state index contributed by atoms with van der Waals surface area (Å²) >= 11 is 0. The number of benzene rings is 1. The molecule has 1 fully saturated rings. The van der Waals surface area contributed by atoms with E-state index in [1.54, 1.807) is 6.07 Å². The van der Waals surface area contributed by atoms with E-state index in [0.717, 1.165) is 12.8 Å². The molecule has 0 spiro atoms. The van der Waals surface area contributed by atoms with Gasteiger partial charge in [0, 0.05) is 7.05 Å². The Bertz CT molecular complexity index is 579. The van der Waals surface area contributed by atoms with Gasteiger partial charge in [0.05, 0.1) is 11.7 Å². The maximum absolute atomic E-state index is 11.6. The van der Waals surface area contributed by atoms with Gasteiger partial charge in [0.1, 0.15) is 10.6 Å². The smallest absolute Gasteiger partial charge is 0.252 e. The molecule has 7 heteroatoms. The van der Waals surface area contributed by atoms with Crippen molar-refractivity contribution >= 4 is 15.9 Å². The number of ether oxygens (including phenoxy) is 1. The molecule has 0 saturated heterocycles. The largest absolute Gasteiger partial charge is 0.489 e. The minimum atomic E-state index is -4.02. The molecule has 0 radical (unpaired) electrons. The summed E-state index contributed by atoms with van der Waals surface area (Å²) in [5, 5.41) is 7.53. The van der Waals surface area contributed by atoms with Crippen molar-refractivity contribution in [2.45, 2.75) is 23.8 Å². The van der Waals surface area contributed by atoms with Crippen LogP contribution in [-0.2, 0) is 10.0 Å². The molecule has 6 nitrogen and oxygen atoms in total. The van der Waals surface area contributed by atoms with E-state index in [2.05, 4.69) is 5.32 Å². The second kappa shape index (κ2) is 4.58. The third-order valence-electron chi connectivity index (χ3n) is 2.55. The van der Waals surface area contributed by atoms with Gasteiger partial charge in [-0.2, -0.15) is 0 Å². The Balaban J connectivity index is 2.55. The van der Waals surface area contributed by atoms with E-state index in [1.807, 2.05) is 0 Å². The van der Waals surface area contributed by atoms with Crippen molar-refractivity contribution in [3.8, 4) is 5.75 Å². The highest BCUT2D eigenvalue weighted by atomic mass is 32.2. The minimum absolute atomic E-state index is 0.00171. The van der Waals surface area contributed by atoms with E-state index in [0.29, 0.717) is 0 Å². The molecular formula is C11H14N2O4S. The summed E-state index contributed by atoms with van der Waals surface area (Å²) in [6.45, 7) is 0. The van der Waals surface area contributed by atoms with Crippen molar-refractivity contribution in [3.63, 3.8) is 0 Å². The molecule has 18 heavy (non-hydrogen) atoms. The number of carbonyl (C=O) groups is 1. The van der Waals surface area contributed by atoms with E-state index >= 15 is 0 Å². The minimum Gasteiger partial charge on any atom is -0.489 e. The Morgan fingerprint density at radius 3 is 2.61 bits per heavy atom. The number of sulfonamides is 1. The molecule has 1 aliphatic rings. The molecule has 0 aromatic heterocycles. The molecule has 0 bridgehead atoms. The van der Waals surface area contributed by atoms with Gasteiger partial charge in [-0.1, -0.05) is 6.07 Å². The van der Waals surface area contributed by atoms with Crippen LogP contribution in [0.3, 0.4) is 0 Å². The number of primary sulfonamides is 1. The SMILES string of the molecule is CNC(=O)c1cccc(OC2CC2)c1S(N)(=O)=O. The Hall–Kier alpha value is -1.60. The first-order valence-electron chi connectivity index (χ1n) is 5.48. The second-order valence-electron chi connectivity index (χ2n) is 4.07. The van der Waals surface area contributed by atoms with Crippen molar-refractivity contribution in [2.24, 2.45) is 5.14 Å². The monoisotopic (exact) mass is 270 g/mol. The first-order chi connectivity index (χ1) is 8.43. The zero-order valence-electron chi connectivity index (χ0n) is 9.84. The van der Waals surface area contributed by atoms with Gasteiger partial charge in [0.25, 0.3) is 5.91 Å². The lowest BCUT2D eigenvalue weighted by molar-refractivity contribution is 0.0958. The third-order valence-corrected chi connectivity index (χ3v) is 3.54. The fraction of sp³-hybridized carbons (Fsp3) is 0.364. The van der Waals surface area contributed by atoms with Crippen LogP contribution < -0.4 is 15.2 Å². The van der Waals surface area contributed by atoms with Gasteiger partial charge in [-0.3, -0.25) is 4.79 Å². The summed E-state index contributed by atoms with van der Waals surface area (Å²) in [6, 6.07) is 4.47. The van der Waals surface area contributed by atoms with Gasteiger partial charge in [0.15, 0.2) is 0 Å². The zero-order valence-corrected chi connectivity index (χ0v) is 10.7. The Morgan fingerprint density at radius 1 is 1.44 bits per heavy atom. The van der Waals surface area contributed by atoms with Crippen LogP contribution in [0, 0.1) is 0 Å². The fourth-order valence-corrected chi connectivity index (χ4v) is 2.44. The van der Waals surface area contributed by atoms with Crippen LogP contribution in [0.5, 0.6) is 5.75 Å². The number of nitrogens with two attached hydrogens (primary N) is 1. The van der Waals surface area contributed by atoms with Gasteiger partial charge in [-0.25, -0.2) is 13.6 Å². The topological polar surface area (TPSA) is 98.5 Å². The van der Waals surface area contributed by atoms with Crippen LogP contribution in [0.4, 0.5) is 0 Å². The lowest BCUT2D eigenvalue weighted by Gasteiger charge is -2.12. The third kappa shape index (κ3) is 2.62. The number of amides is 1.